The number of benzene rings is 2. The molecule has 0 unspecified atom stereocenters. The Balaban J connectivity index is 0.00000192. The van der Waals surface area contributed by atoms with Gasteiger partial charge in [0.2, 0.25) is 0 Å². The van der Waals surface area contributed by atoms with E-state index in [1.165, 1.54) is 65.5 Å². The summed E-state index contributed by atoms with van der Waals surface area (Å²) in [6.45, 7) is 4.41. The summed E-state index contributed by atoms with van der Waals surface area (Å²) in [5.41, 5.74) is 8.26. The molecular weight excluding hydrogens is 355 g/mol. The van der Waals surface area contributed by atoms with Crippen LogP contribution in [0.2, 0.25) is 0 Å². The molecule has 0 fully saturated rings. The quantitative estimate of drug-likeness (QED) is 0.497. The molecule has 3 rings (SSSR count). The van der Waals surface area contributed by atoms with Crippen LogP contribution in [0.4, 0.5) is 0 Å². The summed E-state index contributed by atoms with van der Waals surface area (Å²) < 4.78 is 0. The van der Waals surface area contributed by atoms with Gasteiger partial charge in [-0.15, -0.1) is 0 Å². The predicted molar refractivity (Wildman–Crippen MR) is 96.8 cm³/mol. The fraction of sp³-hybridized carbons (Fsp3) is 0.318. The molecule has 0 spiro atoms. The van der Waals surface area contributed by atoms with Gasteiger partial charge in [-0.3, -0.25) is 0 Å². The number of allylic oxidation sites excluding steroid dienone is 1. The third-order valence-corrected chi connectivity index (χ3v) is 4.49. The van der Waals surface area contributed by atoms with Crippen molar-refractivity contribution < 1.29 is 26.2 Å². The van der Waals surface area contributed by atoms with E-state index in [2.05, 4.69) is 68.8 Å². The molecule has 23 heavy (non-hydrogen) atoms. The second kappa shape index (κ2) is 8.79. The minimum absolute atomic E-state index is 0. The average molecular weight is 381 g/mol. The zero-order chi connectivity index (χ0) is 15.4. The van der Waals surface area contributed by atoms with Gasteiger partial charge in [0.15, 0.2) is 0 Å². The molecule has 1 aliphatic carbocycles. The molecule has 2 aromatic rings. The van der Waals surface area contributed by atoms with E-state index in [4.69, 9.17) is 0 Å². The number of hydrogen-bond acceptors (Lipinski definition) is 0. The van der Waals surface area contributed by atoms with Gasteiger partial charge in [-0.25, -0.2) is 0 Å². The Hall–Kier alpha value is -0.937. The largest absolute Gasteiger partial charge is 0.0654 e. The third-order valence-electron chi connectivity index (χ3n) is 4.49. The maximum Gasteiger partial charge on any atom is 0.0164 e. The molecule has 1 aliphatic rings. The van der Waals surface area contributed by atoms with E-state index < -0.39 is 0 Å². The second-order valence-corrected chi connectivity index (χ2v) is 6.35. The topological polar surface area (TPSA) is 0 Å². The second-order valence-electron chi connectivity index (χ2n) is 6.35. The number of rotatable bonds is 6. The Bertz CT molecular complexity index is 665. The van der Waals surface area contributed by atoms with Crippen LogP contribution in [-0.4, -0.2) is 0 Å². The molecule has 0 aromatic heterocycles. The maximum atomic E-state index is 2.40. The number of aryl methyl sites for hydroxylation is 1. The molecule has 0 saturated carbocycles. The first-order valence-corrected chi connectivity index (χ1v) is 8.53. The molecule has 0 bridgehead atoms. The van der Waals surface area contributed by atoms with Crippen molar-refractivity contribution in [3.05, 3.63) is 71.1 Å². The van der Waals surface area contributed by atoms with Gasteiger partial charge in [-0.1, -0.05) is 85.9 Å². The van der Waals surface area contributed by atoms with Gasteiger partial charge in [0.1, 0.15) is 0 Å². The van der Waals surface area contributed by atoms with Crippen molar-refractivity contribution >= 4 is 6.08 Å². The van der Waals surface area contributed by atoms with Gasteiger partial charge < -0.3 is 0 Å². The Labute approximate surface area is 160 Å². The van der Waals surface area contributed by atoms with Crippen molar-refractivity contribution in [2.75, 3.05) is 0 Å². The van der Waals surface area contributed by atoms with E-state index in [1.54, 1.807) is 0 Å². The fourth-order valence-corrected chi connectivity index (χ4v) is 3.18. The summed E-state index contributed by atoms with van der Waals surface area (Å²) >= 11 is 0. The molecule has 117 valence electrons. The van der Waals surface area contributed by atoms with Gasteiger partial charge in [0.25, 0.3) is 0 Å². The number of unbranched alkanes of at least 4 members (excludes halogenated alkanes) is 3. The zero-order valence-corrected chi connectivity index (χ0v) is 16.7. The van der Waals surface area contributed by atoms with E-state index >= 15 is 0 Å². The van der Waals surface area contributed by atoms with Crippen LogP contribution in [0.3, 0.4) is 0 Å². The Morgan fingerprint density at radius 2 is 1.65 bits per heavy atom. The van der Waals surface area contributed by atoms with Crippen molar-refractivity contribution in [1.82, 2.24) is 0 Å². The number of fused-ring (bicyclic) bond motifs is 1. The molecule has 1 heteroatoms. The molecule has 0 atom stereocenters. The molecule has 0 saturated heterocycles. The summed E-state index contributed by atoms with van der Waals surface area (Å²) in [6.07, 6.45) is 11.3. The van der Waals surface area contributed by atoms with Crippen molar-refractivity contribution in [2.24, 2.45) is 0 Å². The number of hydrogen-bond donors (Lipinski definition) is 0. The van der Waals surface area contributed by atoms with Crippen LogP contribution >= 0.6 is 0 Å². The van der Waals surface area contributed by atoms with Crippen LogP contribution in [0, 0.1) is 13.3 Å². The average Bonchev–Trinajstić information content (AvgIpc) is 2.95. The minimum Gasteiger partial charge on any atom is -0.0654 e. The van der Waals surface area contributed by atoms with Gasteiger partial charge in [-0.05, 0) is 42.0 Å². The van der Waals surface area contributed by atoms with Gasteiger partial charge in [0, 0.05) is 32.6 Å². The van der Waals surface area contributed by atoms with Crippen molar-refractivity contribution in [2.45, 2.75) is 46.0 Å². The summed E-state index contributed by atoms with van der Waals surface area (Å²) in [5.74, 6) is 0. The standard InChI is InChI=1S/C22H25.Zr/c1-3-4-5-6-8-18-15-20-9-7-10-21(22(20)16-18)19-13-11-17(2)12-14-19;/h7,9-16H,3-6,8H2,1-2H3;. The molecular formula is C22H25Zr. The maximum absolute atomic E-state index is 2.40. The van der Waals surface area contributed by atoms with Crippen LogP contribution < -0.4 is 0 Å². The third kappa shape index (κ3) is 4.54. The van der Waals surface area contributed by atoms with Crippen LogP contribution in [-0.2, 0) is 26.2 Å². The van der Waals surface area contributed by atoms with E-state index in [0.717, 1.165) is 0 Å². The van der Waals surface area contributed by atoms with Gasteiger partial charge in [-0.2, -0.15) is 0 Å². The first-order valence-electron chi connectivity index (χ1n) is 8.53. The molecule has 0 aliphatic heterocycles. The first kappa shape index (κ1) is 18.4. The van der Waals surface area contributed by atoms with Crippen molar-refractivity contribution in [1.29, 1.82) is 0 Å². The van der Waals surface area contributed by atoms with Crippen molar-refractivity contribution in [3.63, 3.8) is 0 Å². The SMILES string of the molecule is CCCCCCC1=Cc2c(cccc2-c2ccc(C)cc2)[CH]1.[Zr]. The van der Waals surface area contributed by atoms with E-state index in [1.807, 2.05) is 0 Å². The summed E-state index contributed by atoms with van der Waals surface area (Å²) in [4.78, 5) is 0. The van der Waals surface area contributed by atoms with Crippen LogP contribution in [0.15, 0.2) is 48.0 Å². The summed E-state index contributed by atoms with van der Waals surface area (Å²) in [5, 5.41) is 0. The monoisotopic (exact) mass is 379 g/mol. The van der Waals surface area contributed by atoms with E-state index in [0.29, 0.717) is 0 Å². The van der Waals surface area contributed by atoms with Gasteiger partial charge in [0.05, 0.1) is 0 Å². The first-order chi connectivity index (χ1) is 10.8. The molecule has 0 nitrogen and oxygen atoms in total. The van der Waals surface area contributed by atoms with Crippen molar-refractivity contribution in [3.8, 4) is 11.1 Å². The predicted octanol–water partition coefficient (Wildman–Crippen LogP) is 6.58. The summed E-state index contributed by atoms with van der Waals surface area (Å²) in [7, 11) is 0. The van der Waals surface area contributed by atoms with Crippen LogP contribution in [0.25, 0.3) is 17.2 Å². The molecule has 1 radical (unpaired) electrons. The molecule has 0 heterocycles. The molecule has 2 aromatic carbocycles. The molecule has 0 N–H and O–H groups in total. The normalized spacial score (nSPS) is 12.5. The zero-order valence-electron chi connectivity index (χ0n) is 14.2. The van der Waals surface area contributed by atoms with E-state index in [-0.39, 0.29) is 26.2 Å². The fourth-order valence-electron chi connectivity index (χ4n) is 3.18. The summed E-state index contributed by atoms with van der Waals surface area (Å²) in [6, 6.07) is 15.5. The smallest absolute Gasteiger partial charge is 0.0164 e. The minimum atomic E-state index is 0. The van der Waals surface area contributed by atoms with Crippen LogP contribution in [0.5, 0.6) is 0 Å². The van der Waals surface area contributed by atoms with Gasteiger partial charge >= 0.3 is 0 Å². The molecule has 0 amide bonds. The Morgan fingerprint density at radius 1 is 0.870 bits per heavy atom. The Morgan fingerprint density at radius 3 is 2.39 bits per heavy atom. The van der Waals surface area contributed by atoms with E-state index in [9.17, 15) is 0 Å². The Kier molecular flexibility index (Phi) is 7.03. The van der Waals surface area contributed by atoms with Crippen LogP contribution in [0.1, 0.15) is 55.7 Å².